The molecular formula is C18H22N4. The zero-order valence-corrected chi connectivity index (χ0v) is 13.2. The minimum absolute atomic E-state index is 0.674. The Morgan fingerprint density at radius 2 is 1.91 bits per heavy atom. The molecule has 3 rings (SSSR count). The van der Waals surface area contributed by atoms with Gasteiger partial charge in [-0.25, -0.2) is 4.98 Å². The monoisotopic (exact) mass is 294 g/mol. The van der Waals surface area contributed by atoms with Crippen LogP contribution in [0.3, 0.4) is 0 Å². The van der Waals surface area contributed by atoms with Crippen molar-refractivity contribution >= 4 is 5.65 Å². The standard InChI is InChI=1S/C18H22N4/c1-14(2)9-15-5-3-4-6-16(15)10-20-11-17-12-21-18-13-19-7-8-22(17)18/h3-8,12-14,20H,9-11H2,1-2H3. The lowest BCUT2D eigenvalue weighted by Gasteiger charge is -2.12. The lowest BCUT2D eigenvalue weighted by Crippen LogP contribution is -2.15. The van der Waals surface area contributed by atoms with Gasteiger partial charge < -0.3 is 5.32 Å². The summed E-state index contributed by atoms with van der Waals surface area (Å²) in [7, 11) is 0. The summed E-state index contributed by atoms with van der Waals surface area (Å²) >= 11 is 0. The molecule has 4 nitrogen and oxygen atoms in total. The number of benzene rings is 1. The zero-order valence-electron chi connectivity index (χ0n) is 13.2. The van der Waals surface area contributed by atoms with Gasteiger partial charge in [-0.3, -0.25) is 9.38 Å². The zero-order chi connectivity index (χ0) is 15.4. The molecule has 0 aliphatic carbocycles. The van der Waals surface area contributed by atoms with Crippen molar-refractivity contribution in [2.24, 2.45) is 5.92 Å². The molecule has 0 atom stereocenters. The minimum Gasteiger partial charge on any atom is -0.307 e. The van der Waals surface area contributed by atoms with Gasteiger partial charge in [0.05, 0.1) is 18.1 Å². The van der Waals surface area contributed by atoms with Crippen LogP contribution in [0.1, 0.15) is 30.7 Å². The molecule has 0 saturated carbocycles. The SMILES string of the molecule is CC(C)Cc1ccccc1CNCc1cnc2cnccn12. The van der Waals surface area contributed by atoms with Gasteiger partial charge >= 0.3 is 0 Å². The number of imidazole rings is 1. The maximum Gasteiger partial charge on any atom is 0.155 e. The molecule has 0 radical (unpaired) electrons. The van der Waals surface area contributed by atoms with Crippen LogP contribution in [0.5, 0.6) is 0 Å². The van der Waals surface area contributed by atoms with Crippen LogP contribution in [0.4, 0.5) is 0 Å². The second-order valence-corrected chi connectivity index (χ2v) is 6.02. The molecular weight excluding hydrogens is 272 g/mol. The maximum atomic E-state index is 4.36. The topological polar surface area (TPSA) is 42.2 Å². The average Bonchev–Trinajstić information content (AvgIpc) is 2.92. The number of aromatic nitrogens is 3. The first-order valence-electron chi connectivity index (χ1n) is 7.77. The van der Waals surface area contributed by atoms with Crippen molar-refractivity contribution in [3.8, 4) is 0 Å². The van der Waals surface area contributed by atoms with E-state index in [2.05, 4.69) is 57.8 Å². The molecule has 4 heteroatoms. The highest BCUT2D eigenvalue weighted by molar-refractivity contribution is 5.36. The second kappa shape index (κ2) is 6.71. The van der Waals surface area contributed by atoms with E-state index in [1.54, 1.807) is 12.4 Å². The Bertz CT molecular complexity index is 745. The smallest absolute Gasteiger partial charge is 0.155 e. The van der Waals surface area contributed by atoms with Gasteiger partial charge in [-0.05, 0) is 23.5 Å². The van der Waals surface area contributed by atoms with Crippen LogP contribution >= 0.6 is 0 Å². The first kappa shape index (κ1) is 14.7. The Morgan fingerprint density at radius 1 is 1.09 bits per heavy atom. The lowest BCUT2D eigenvalue weighted by atomic mass is 9.98. The second-order valence-electron chi connectivity index (χ2n) is 6.02. The minimum atomic E-state index is 0.674. The lowest BCUT2D eigenvalue weighted by molar-refractivity contribution is 0.627. The highest BCUT2D eigenvalue weighted by atomic mass is 15.0. The Balaban J connectivity index is 1.66. The number of hydrogen-bond acceptors (Lipinski definition) is 3. The van der Waals surface area contributed by atoms with Crippen LogP contribution < -0.4 is 5.32 Å². The van der Waals surface area contributed by atoms with Gasteiger partial charge in [-0.1, -0.05) is 38.1 Å². The summed E-state index contributed by atoms with van der Waals surface area (Å²) in [5.41, 5.74) is 4.86. The van der Waals surface area contributed by atoms with Crippen LogP contribution in [0, 0.1) is 5.92 Å². The highest BCUT2D eigenvalue weighted by Gasteiger charge is 2.05. The third kappa shape index (κ3) is 3.34. The summed E-state index contributed by atoms with van der Waals surface area (Å²) in [4.78, 5) is 8.45. The van der Waals surface area contributed by atoms with Crippen molar-refractivity contribution in [1.82, 2.24) is 19.7 Å². The summed E-state index contributed by atoms with van der Waals surface area (Å²) in [6.45, 7) is 6.19. The fraction of sp³-hybridized carbons (Fsp3) is 0.333. The Hall–Kier alpha value is -2.20. The molecule has 0 saturated heterocycles. The summed E-state index contributed by atoms with van der Waals surface area (Å²) in [6, 6.07) is 8.68. The van der Waals surface area contributed by atoms with E-state index in [9.17, 15) is 0 Å². The molecule has 3 aromatic rings. The molecule has 0 aliphatic heterocycles. The Morgan fingerprint density at radius 3 is 2.73 bits per heavy atom. The fourth-order valence-corrected chi connectivity index (χ4v) is 2.72. The van der Waals surface area contributed by atoms with Crippen molar-refractivity contribution in [2.75, 3.05) is 0 Å². The van der Waals surface area contributed by atoms with Crippen LogP contribution in [0.15, 0.2) is 49.1 Å². The van der Waals surface area contributed by atoms with Gasteiger partial charge in [0.15, 0.2) is 5.65 Å². The van der Waals surface area contributed by atoms with E-state index in [1.807, 2.05) is 12.4 Å². The molecule has 22 heavy (non-hydrogen) atoms. The van der Waals surface area contributed by atoms with Crippen molar-refractivity contribution in [3.05, 3.63) is 65.9 Å². The molecule has 0 fully saturated rings. The van der Waals surface area contributed by atoms with E-state index in [0.717, 1.165) is 30.9 Å². The number of nitrogens with one attached hydrogen (secondary N) is 1. The summed E-state index contributed by atoms with van der Waals surface area (Å²) in [5.74, 6) is 0.674. The number of rotatable bonds is 6. The predicted molar refractivity (Wildman–Crippen MR) is 88.5 cm³/mol. The van der Waals surface area contributed by atoms with Gasteiger partial charge in [0.2, 0.25) is 0 Å². The van der Waals surface area contributed by atoms with E-state index < -0.39 is 0 Å². The molecule has 0 aliphatic rings. The number of hydrogen-bond donors (Lipinski definition) is 1. The van der Waals surface area contributed by atoms with Gasteiger partial charge in [0, 0.05) is 25.5 Å². The molecule has 2 heterocycles. The van der Waals surface area contributed by atoms with E-state index >= 15 is 0 Å². The highest BCUT2D eigenvalue weighted by Crippen LogP contribution is 2.14. The number of nitrogens with zero attached hydrogens (tertiary/aromatic N) is 3. The molecule has 0 spiro atoms. The van der Waals surface area contributed by atoms with E-state index in [4.69, 9.17) is 0 Å². The van der Waals surface area contributed by atoms with E-state index in [1.165, 1.54) is 11.1 Å². The Kier molecular flexibility index (Phi) is 4.49. The van der Waals surface area contributed by atoms with Crippen LogP contribution in [0.25, 0.3) is 5.65 Å². The summed E-state index contributed by atoms with van der Waals surface area (Å²) in [5, 5.41) is 3.53. The first-order valence-corrected chi connectivity index (χ1v) is 7.77. The number of fused-ring (bicyclic) bond motifs is 1. The van der Waals surface area contributed by atoms with E-state index in [-0.39, 0.29) is 0 Å². The molecule has 0 unspecified atom stereocenters. The van der Waals surface area contributed by atoms with Crippen LogP contribution in [0.2, 0.25) is 0 Å². The third-order valence-corrected chi connectivity index (χ3v) is 3.76. The normalized spacial score (nSPS) is 11.4. The molecule has 1 N–H and O–H groups in total. The summed E-state index contributed by atoms with van der Waals surface area (Å²) in [6.07, 6.45) is 8.55. The van der Waals surface area contributed by atoms with Gasteiger partial charge in [-0.15, -0.1) is 0 Å². The van der Waals surface area contributed by atoms with Crippen molar-refractivity contribution < 1.29 is 0 Å². The van der Waals surface area contributed by atoms with Gasteiger partial charge in [-0.2, -0.15) is 0 Å². The van der Waals surface area contributed by atoms with Crippen LogP contribution in [-0.4, -0.2) is 14.4 Å². The van der Waals surface area contributed by atoms with Crippen molar-refractivity contribution in [2.45, 2.75) is 33.4 Å². The quantitative estimate of drug-likeness (QED) is 0.759. The maximum absolute atomic E-state index is 4.36. The summed E-state index contributed by atoms with van der Waals surface area (Å²) < 4.78 is 2.07. The van der Waals surface area contributed by atoms with Crippen LogP contribution in [-0.2, 0) is 19.5 Å². The van der Waals surface area contributed by atoms with Gasteiger partial charge in [0.25, 0.3) is 0 Å². The largest absolute Gasteiger partial charge is 0.307 e. The van der Waals surface area contributed by atoms with E-state index in [0.29, 0.717) is 5.92 Å². The van der Waals surface area contributed by atoms with Gasteiger partial charge in [0.1, 0.15) is 0 Å². The molecule has 2 aromatic heterocycles. The molecule has 0 amide bonds. The molecule has 1 aromatic carbocycles. The third-order valence-electron chi connectivity index (χ3n) is 3.76. The van der Waals surface area contributed by atoms with Crippen molar-refractivity contribution in [3.63, 3.8) is 0 Å². The average molecular weight is 294 g/mol. The van der Waals surface area contributed by atoms with Crippen molar-refractivity contribution in [1.29, 1.82) is 0 Å². The molecule has 114 valence electrons. The first-order chi connectivity index (χ1) is 10.7. The fourth-order valence-electron chi connectivity index (χ4n) is 2.72. The Labute approximate surface area is 131 Å². The predicted octanol–water partition coefficient (Wildman–Crippen LogP) is 3.22. The molecule has 0 bridgehead atoms.